The molecular weight excluding hydrogens is 150 g/mol. The third-order valence-corrected chi connectivity index (χ3v) is 1.46. The number of hydrogen-bond donors (Lipinski definition) is 0. The van der Waals surface area contributed by atoms with Crippen LogP contribution in [0.25, 0.3) is 0 Å². The van der Waals surface area contributed by atoms with Gasteiger partial charge in [-0.05, 0) is 6.92 Å². The van der Waals surface area contributed by atoms with Crippen LogP contribution in [0.1, 0.15) is 41.5 Å². The van der Waals surface area contributed by atoms with Crippen molar-refractivity contribution in [2.24, 2.45) is 5.41 Å². The summed E-state index contributed by atoms with van der Waals surface area (Å²) in [5.74, 6) is 0.204. The lowest BCUT2D eigenvalue weighted by atomic mass is 9.95. The molecule has 0 aliphatic heterocycles. The Labute approximate surface area is 77.0 Å². The van der Waals surface area contributed by atoms with E-state index < -0.39 is 0 Å². The van der Waals surface area contributed by atoms with Gasteiger partial charge in [0, 0.05) is 19.0 Å². The molecule has 0 atom stereocenters. The summed E-state index contributed by atoms with van der Waals surface area (Å²) in [6, 6.07) is 0. The van der Waals surface area contributed by atoms with Crippen LogP contribution in [-0.4, -0.2) is 24.4 Å². The highest BCUT2D eigenvalue weighted by Crippen LogP contribution is 2.15. The van der Waals surface area contributed by atoms with Crippen LogP contribution in [0.2, 0.25) is 0 Å². The lowest BCUT2D eigenvalue weighted by Gasteiger charge is -2.24. The van der Waals surface area contributed by atoms with Crippen molar-refractivity contribution in [3.63, 3.8) is 0 Å². The highest BCUT2D eigenvalue weighted by Gasteiger charge is 2.23. The fraction of sp³-hybridized carbons (Fsp3) is 0.900. The van der Waals surface area contributed by atoms with Crippen molar-refractivity contribution in [3.8, 4) is 0 Å². The zero-order valence-electron chi connectivity index (χ0n) is 9.56. The Morgan fingerprint density at radius 2 is 1.58 bits per heavy atom. The minimum absolute atomic E-state index is 0.204. The molecule has 1 amide bonds. The first-order valence-electron chi connectivity index (χ1n) is 4.65. The fourth-order valence-corrected chi connectivity index (χ4v) is 0.716. The molecule has 0 saturated carbocycles. The molecule has 2 nitrogen and oxygen atoms in total. The largest absolute Gasteiger partial charge is 0.346 e. The van der Waals surface area contributed by atoms with E-state index in [0.717, 1.165) is 6.54 Å². The number of hydrogen-bond acceptors (Lipinski definition) is 1. The van der Waals surface area contributed by atoms with Crippen molar-refractivity contribution in [1.29, 1.82) is 0 Å². The lowest BCUT2D eigenvalue weighted by molar-refractivity contribution is -0.137. The zero-order valence-corrected chi connectivity index (χ0v) is 9.56. The van der Waals surface area contributed by atoms with E-state index in [1.54, 1.807) is 4.90 Å². The molecule has 0 rings (SSSR count). The van der Waals surface area contributed by atoms with Gasteiger partial charge in [0.15, 0.2) is 0 Å². The molecular formula is C10H23NO. The van der Waals surface area contributed by atoms with E-state index in [1.165, 1.54) is 0 Å². The van der Waals surface area contributed by atoms with Gasteiger partial charge in [-0.25, -0.2) is 0 Å². The second kappa shape index (κ2) is 6.04. The lowest BCUT2D eigenvalue weighted by Crippen LogP contribution is -2.36. The molecule has 0 aliphatic rings. The molecule has 0 unspecified atom stereocenters. The third-order valence-electron chi connectivity index (χ3n) is 1.46. The topological polar surface area (TPSA) is 20.3 Å². The molecule has 0 heterocycles. The van der Waals surface area contributed by atoms with Gasteiger partial charge in [0.2, 0.25) is 5.91 Å². The highest BCUT2D eigenvalue weighted by molar-refractivity contribution is 5.81. The van der Waals surface area contributed by atoms with Gasteiger partial charge in [-0.3, -0.25) is 4.79 Å². The van der Waals surface area contributed by atoms with Gasteiger partial charge >= 0.3 is 0 Å². The monoisotopic (exact) mass is 173 g/mol. The van der Waals surface area contributed by atoms with E-state index in [2.05, 4.69) is 0 Å². The molecule has 0 radical (unpaired) electrons. The standard InChI is InChI=1S/C8H17NO.C2H6/c1-6-9(5)7(10)8(2,3)4;1-2/h6H2,1-5H3;1-2H3. The van der Waals surface area contributed by atoms with Crippen molar-refractivity contribution in [2.45, 2.75) is 41.5 Å². The maximum absolute atomic E-state index is 11.3. The second-order valence-electron chi connectivity index (χ2n) is 3.57. The van der Waals surface area contributed by atoms with Gasteiger partial charge in [0.1, 0.15) is 0 Å². The Balaban J connectivity index is 0. The number of carbonyl (C=O) groups is 1. The molecule has 0 bridgehead atoms. The molecule has 74 valence electrons. The predicted molar refractivity (Wildman–Crippen MR) is 54.1 cm³/mol. The van der Waals surface area contributed by atoms with Gasteiger partial charge in [-0.2, -0.15) is 0 Å². The first-order valence-corrected chi connectivity index (χ1v) is 4.65. The molecule has 2 heteroatoms. The molecule has 0 saturated heterocycles. The van der Waals surface area contributed by atoms with Crippen LogP contribution in [0.4, 0.5) is 0 Å². The van der Waals surface area contributed by atoms with Crippen LogP contribution in [0, 0.1) is 5.41 Å². The average molecular weight is 173 g/mol. The Morgan fingerprint density at radius 3 is 1.67 bits per heavy atom. The number of amides is 1. The van der Waals surface area contributed by atoms with Crippen LogP contribution in [0.3, 0.4) is 0 Å². The summed E-state index contributed by atoms with van der Waals surface area (Å²) >= 11 is 0. The van der Waals surface area contributed by atoms with Crippen LogP contribution < -0.4 is 0 Å². The minimum atomic E-state index is -0.231. The smallest absolute Gasteiger partial charge is 0.227 e. The summed E-state index contributed by atoms with van der Waals surface area (Å²) in [4.78, 5) is 13.1. The average Bonchev–Trinajstić information content (AvgIpc) is 2.04. The normalized spacial score (nSPS) is 9.92. The predicted octanol–water partition coefficient (Wildman–Crippen LogP) is 2.54. The maximum atomic E-state index is 11.3. The summed E-state index contributed by atoms with van der Waals surface area (Å²) in [6.45, 7) is 12.6. The van der Waals surface area contributed by atoms with Crippen molar-refractivity contribution < 1.29 is 4.79 Å². The Kier molecular flexibility index (Phi) is 7.05. The highest BCUT2D eigenvalue weighted by atomic mass is 16.2. The summed E-state index contributed by atoms with van der Waals surface area (Å²) in [5.41, 5.74) is -0.231. The Hall–Kier alpha value is -0.530. The van der Waals surface area contributed by atoms with Crippen molar-refractivity contribution in [1.82, 2.24) is 4.90 Å². The molecule has 0 aromatic rings. The first-order chi connectivity index (χ1) is 5.39. The van der Waals surface area contributed by atoms with Gasteiger partial charge < -0.3 is 4.90 Å². The Bertz CT molecular complexity index is 124. The van der Waals surface area contributed by atoms with E-state index in [9.17, 15) is 4.79 Å². The van der Waals surface area contributed by atoms with Gasteiger partial charge in [-0.15, -0.1) is 0 Å². The molecule has 0 aliphatic carbocycles. The fourth-order valence-electron chi connectivity index (χ4n) is 0.716. The molecule has 0 fully saturated rings. The van der Waals surface area contributed by atoms with Crippen molar-refractivity contribution in [3.05, 3.63) is 0 Å². The van der Waals surface area contributed by atoms with Gasteiger partial charge in [-0.1, -0.05) is 34.6 Å². The molecule has 0 N–H and O–H groups in total. The third kappa shape index (κ3) is 5.16. The van der Waals surface area contributed by atoms with E-state index >= 15 is 0 Å². The van der Waals surface area contributed by atoms with Gasteiger partial charge in [0.05, 0.1) is 0 Å². The molecule has 0 spiro atoms. The van der Waals surface area contributed by atoms with E-state index in [-0.39, 0.29) is 11.3 Å². The van der Waals surface area contributed by atoms with Crippen LogP contribution in [-0.2, 0) is 4.79 Å². The van der Waals surface area contributed by atoms with Crippen molar-refractivity contribution >= 4 is 5.91 Å². The maximum Gasteiger partial charge on any atom is 0.227 e. The SMILES string of the molecule is CC.CCN(C)C(=O)C(C)(C)C. The van der Waals surface area contributed by atoms with Crippen LogP contribution in [0.15, 0.2) is 0 Å². The molecule has 0 aromatic carbocycles. The van der Waals surface area contributed by atoms with E-state index in [0.29, 0.717) is 0 Å². The van der Waals surface area contributed by atoms with E-state index in [1.807, 2.05) is 48.6 Å². The number of rotatable bonds is 1. The summed E-state index contributed by atoms with van der Waals surface area (Å²) in [7, 11) is 1.83. The molecule has 0 aromatic heterocycles. The van der Waals surface area contributed by atoms with E-state index in [4.69, 9.17) is 0 Å². The molecule has 12 heavy (non-hydrogen) atoms. The summed E-state index contributed by atoms with van der Waals surface area (Å²) in [5, 5.41) is 0. The Morgan fingerprint density at radius 1 is 1.25 bits per heavy atom. The number of nitrogens with zero attached hydrogens (tertiary/aromatic N) is 1. The van der Waals surface area contributed by atoms with Crippen LogP contribution in [0.5, 0.6) is 0 Å². The summed E-state index contributed by atoms with van der Waals surface area (Å²) in [6.07, 6.45) is 0. The quantitative estimate of drug-likeness (QED) is 0.596. The van der Waals surface area contributed by atoms with Gasteiger partial charge in [0.25, 0.3) is 0 Å². The second-order valence-corrected chi connectivity index (χ2v) is 3.57. The van der Waals surface area contributed by atoms with Crippen molar-refractivity contribution in [2.75, 3.05) is 13.6 Å². The first kappa shape index (κ1) is 14.0. The van der Waals surface area contributed by atoms with Crippen LogP contribution >= 0.6 is 0 Å². The zero-order chi connectivity index (χ0) is 10.4. The summed E-state index contributed by atoms with van der Waals surface area (Å²) < 4.78 is 0. The number of carbonyl (C=O) groups excluding carboxylic acids is 1. The minimum Gasteiger partial charge on any atom is -0.346 e.